The molecule has 1 saturated heterocycles. The van der Waals surface area contributed by atoms with Gasteiger partial charge in [0.15, 0.2) is 0 Å². The summed E-state index contributed by atoms with van der Waals surface area (Å²) in [5.41, 5.74) is 0.400. The largest absolute Gasteiger partial charge is 0.382 e. The van der Waals surface area contributed by atoms with Crippen LogP contribution < -0.4 is 0 Å². The van der Waals surface area contributed by atoms with Crippen molar-refractivity contribution >= 4 is 11.9 Å². The minimum atomic E-state index is -0.293. The minimum absolute atomic E-state index is 0.263. The van der Waals surface area contributed by atoms with Crippen LogP contribution in [0.3, 0.4) is 0 Å². The molecule has 1 heterocycles. The van der Waals surface area contributed by atoms with Crippen LogP contribution in [0.5, 0.6) is 0 Å². The minimum Gasteiger partial charge on any atom is -0.382 e. The van der Waals surface area contributed by atoms with E-state index in [4.69, 9.17) is 0 Å². The van der Waals surface area contributed by atoms with Crippen molar-refractivity contribution in [2.24, 2.45) is 0 Å². The van der Waals surface area contributed by atoms with Gasteiger partial charge in [0.05, 0.1) is 0 Å². The van der Waals surface area contributed by atoms with Crippen molar-refractivity contribution in [3.63, 3.8) is 0 Å². The highest BCUT2D eigenvalue weighted by Gasteiger charge is 2.35. The third kappa shape index (κ3) is 1.49. The van der Waals surface area contributed by atoms with Crippen molar-refractivity contribution in [1.29, 1.82) is 0 Å². The average molecular weight is 183 g/mol. The van der Waals surface area contributed by atoms with Crippen LogP contribution in [0.2, 0.25) is 0 Å². The van der Waals surface area contributed by atoms with Gasteiger partial charge in [-0.15, -0.1) is 0 Å². The molecule has 1 fully saturated rings. The summed E-state index contributed by atoms with van der Waals surface area (Å²) in [4.78, 5) is 26.9. The maximum atomic E-state index is 11.4. The normalized spacial score (nSPS) is 20.5. The van der Waals surface area contributed by atoms with E-state index in [1.54, 1.807) is 32.2 Å². The van der Waals surface area contributed by atoms with Crippen LogP contribution in [0.4, 0.5) is 4.79 Å². The monoisotopic (exact) mass is 183 g/mol. The van der Waals surface area contributed by atoms with Gasteiger partial charge in [-0.05, 0) is 0 Å². The van der Waals surface area contributed by atoms with Gasteiger partial charge in [-0.1, -0.05) is 0 Å². The zero-order chi connectivity index (χ0) is 10.2. The lowest BCUT2D eigenvalue weighted by Gasteiger charge is -2.10. The molecule has 0 saturated carbocycles. The highest BCUT2D eigenvalue weighted by atomic mass is 16.2. The van der Waals surface area contributed by atoms with E-state index < -0.39 is 0 Å². The van der Waals surface area contributed by atoms with Crippen LogP contribution >= 0.6 is 0 Å². The van der Waals surface area contributed by atoms with Gasteiger partial charge < -0.3 is 4.90 Å². The van der Waals surface area contributed by atoms with E-state index in [0.29, 0.717) is 5.70 Å². The van der Waals surface area contributed by atoms with Crippen LogP contribution in [-0.4, -0.2) is 54.8 Å². The summed E-state index contributed by atoms with van der Waals surface area (Å²) in [6.45, 7) is 0. The summed E-state index contributed by atoms with van der Waals surface area (Å²) in [7, 11) is 6.66. The summed E-state index contributed by atoms with van der Waals surface area (Å²) in [5, 5.41) is 0. The molecule has 0 atom stereocenters. The quantitative estimate of drug-likeness (QED) is 0.421. The van der Waals surface area contributed by atoms with Crippen molar-refractivity contribution in [1.82, 2.24) is 14.7 Å². The van der Waals surface area contributed by atoms with Crippen molar-refractivity contribution in [2.45, 2.75) is 0 Å². The van der Waals surface area contributed by atoms with Crippen LogP contribution in [-0.2, 0) is 4.79 Å². The van der Waals surface area contributed by atoms with Crippen LogP contribution in [0.1, 0.15) is 0 Å². The molecule has 0 radical (unpaired) electrons. The van der Waals surface area contributed by atoms with Gasteiger partial charge in [0, 0.05) is 34.4 Å². The Balaban J connectivity index is 3.01. The molecular weight excluding hydrogens is 170 g/mol. The zero-order valence-electron chi connectivity index (χ0n) is 8.24. The van der Waals surface area contributed by atoms with Crippen molar-refractivity contribution in [2.75, 3.05) is 28.2 Å². The standard InChI is InChI=1S/C8H13N3O2/c1-9(2)5-6-7(12)11(4)8(13)10(6)3/h5H,1-4H3/b6-5-. The van der Waals surface area contributed by atoms with Crippen LogP contribution in [0, 0.1) is 0 Å². The molecule has 13 heavy (non-hydrogen) atoms. The van der Waals surface area contributed by atoms with Gasteiger partial charge in [0.2, 0.25) is 0 Å². The molecule has 72 valence electrons. The lowest BCUT2D eigenvalue weighted by Crippen LogP contribution is -2.27. The van der Waals surface area contributed by atoms with Crippen molar-refractivity contribution in [3.05, 3.63) is 11.9 Å². The topological polar surface area (TPSA) is 43.9 Å². The van der Waals surface area contributed by atoms with E-state index >= 15 is 0 Å². The molecule has 0 N–H and O–H groups in total. The van der Waals surface area contributed by atoms with Crippen LogP contribution in [0.25, 0.3) is 0 Å². The fourth-order valence-corrected chi connectivity index (χ4v) is 1.12. The Bertz CT molecular complexity index is 283. The number of hydrogen-bond acceptors (Lipinski definition) is 3. The third-order valence-corrected chi connectivity index (χ3v) is 1.84. The molecule has 0 spiro atoms. The number of carbonyl (C=O) groups excluding carboxylic acids is 2. The molecule has 1 aliphatic heterocycles. The summed E-state index contributed by atoms with van der Waals surface area (Å²) in [6.07, 6.45) is 1.63. The predicted molar refractivity (Wildman–Crippen MR) is 47.7 cm³/mol. The molecule has 3 amide bonds. The molecule has 0 bridgehead atoms. The Morgan fingerprint density at radius 2 is 1.69 bits per heavy atom. The first-order chi connectivity index (χ1) is 5.95. The Morgan fingerprint density at radius 1 is 1.15 bits per heavy atom. The number of hydrogen-bond donors (Lipinski definition) is 0. The van der Waals surface area contributed by atoms with Gasteiger partial charge >= 0.3 is 6.03 Å². The second-order valence-corrected chi connectivity index (χ2v) is 3.18. The molecule has 0 unspecified atom stereocenters. The lowest BCUT2D eigenvalue weighted by atomic mass is 10.4. The molecule has 1 aliphatic rings. The number of urea groups is 1. The number of carbonyl (C=O) groups is 2. The number of imide groups is 1. The third-order valence-electron chi connectivity index (χ3n) is 1.84. The highest BCUT2D eigenvalue weighted by molar-refractivity contribution is 6.11. The molecule has 1 rings (SSSR count). The summed E-state index contributed by atoms with van der Waals surface area (Å²) < 4.78 is 0. The summed E-state index contributed by atoms with van der Waals surface area (Å²) >= 11 is 0. The Kier molecular flexibility index (Phi) is 2.27. The molecule has 0 aliphatic carbocycles. The van der Waals surface area contributed by atoms with E-state index in [1.807, 2.05) is 0 Å². The van der Waals surface area contributed by atoms with E-state index in [1.165, 1.54) is 11.9 Å². The van der Waals surface area contributed by atoms with E-state index in [-0.39, 0.29) is 11.9 Å². The molecular formula is C8H13N3O2. The maximum absolute atomic E-state index is 11.4. The Hall–Kier alpha value is -1.52. The first-order valence-electron chi connectivity index (χ1n) is 3.89. The van der Waals surface area contributed by atoms with Crippen LogP contribution in [0.15, 0.2) is 11.9 Å². The van der Waals surface area contributed by atoms with Gasteiger partial charge in [-0.3, -0.25) is 14.6 Å². The second-order valence-electron chi connectivity index (χ2n) is 3.18. The smallest absolute Gasteiger partial charge is 0.331 e. The lowest BCUT2D eigenvalue weighted by molar-refractivity contribution is -0.122. The first-order valence-corrected chi connectivity index (χ1v) is 3.89. The van der Waals surface area contributed by atoms with E-state index in [0.717, 1.165) is 4.90 Å². The van der Waals surface area contributed by atoms with E-state index in [2.05, 4.69) is 0 Å². The van der Waals surface area contributed by atoms with Gasteiger partial charge in [0.25, 0.3) is 5.91 Å². The predicted octanol–water partition coefficient (Wildman–Crippen LogP) is -0.0868. The highest BCUT2D eigenvalue weighted by Crippen LogP contribution is 2.16. The molecule has 0 aromatic carbocycles. The van der Waals surface area contributed by atoms with Gasteiger partial charge in [0.1, 0.15) is 5.70 Å². The number of rotatable bonds is 1. The Morgan fingerprint density at radius 3 is 2.00 bits per heavy atom. The fourth-order valence-electron chi connectivity index (χ4n) is 1.12. The molecule has 5 nitrogen and oxygen atoms in total. The molecule has 0 aromatic heterocycles. The molecule has 0 aromatic rings. The average Bonchev–Trinajstić information content (AvgIpc) is 2.22. The maximum Gasteiger partial charge on any atom is 0.331 e. The Labute approximate surface area is 77.2 Å². The number of nitrogens with zero attached hydrogens (tertiary/aromatic N) is 3. The number of likely N-dealkylation sites (N-methyl/N-ethyl adjacent to an activating group) is 2. The molecule has 5 heteroatoms. The first kappa shape index (κ1) is 9.57. The number of amides is 3. The second kappa shape index (κ2) is 3.08. The SMILES string of the molecule is CN(C)/C=C1/C(=O)N(C)C(=O)N1C. The summed E-state index contributed by atoms with van der Waals surface area (Å²) in [5.74, 6) is -0.263. The van der Waals surface area contributed by atoms with Gasteiger partial charge in [-0.2, -0.15) is 0 Å². The fraction of sp³-hybridized carbons (Fsp3) is 0.500. The van der Waals surface area contributed by atoms with Gasteiger partial charge in [-0.25, -0.2) is 4.79 Å². The van der Waals surface area contributed by atoms with E-state index in [9.17, 15) is 9.59 Å². The summed E-state index contributed by atoms with van der Waals surface area (Å²) in [6, 6.07) is -0.293. The van der Waals surface area contributed by atoms with Crippen molar-refractivity contribution in [3.8, 4) is 0 Å². The zero-order valence-corrected chi connectivity index (χ0v) is 8.24. The van der Waals surface area contributed by atoms with Crippen molar-refractivity contribution < 1.29 is 9.59 Å².